The van der Waals surface area contributed by atoms with E-state index in [2.05, 4.69) is 28.7 Å². The second-order valence-electron chi connectivity index (χ2n) is 4.45. The summed E-state index contributed by atoms with van der Waals surface area (Å²) in [6.07, 6.45) is 2.95. The summed E-state index contributed by atoms with van der Waals surface area (Å²) in [4.78, 5) is 4.44. The van der Waals surface area contributed by atoms with Crippen molar-refractivity contribution >= 4 is 0 Å². The molecule has 1 aromatic rings. The highest BCUT2D eigenvalue weighted by Gasteiger charge is 2.24. The lowest BCUT2D eigenvalue weighted by Crippen LogP contribution is -2.37. The average molecular weight is 194 g/mol. The van der Waals surface area contributed by atoms with Crippen LogP contribution in [0.1, 0.15) is 25.2 Å². The molecule has 0 atom stereocenters. The topological polar surface area (TPSA) is 55.9 Å². The smallest absolute Gasteiger partial charge is 0.0957 e. The van der Waals surface area contributed by atoms with E-state index >= 15 is 0 Å². The monoisotopic (exact) mass is 194 g/mol. The maximum absolute atomic E-state index is 5.76. The number of hydrogen-bond acceptors (Lipinski definition) is 3. The van der Waals surface area contributed by atoms with Crippen LogP contribution in [-0.4, -0.2) is 22.6 Å². The Morgan fingerprint density at radius 2 is 2.43 bits per heavy atom. The molecule has 0 spiro atoms. The second kappa shape index (κ2) is 3.37. The molecule has 0 amide bonds. The number of rotatable bonds is 2. The van der Waals surface area contributed by atoms with Gasteiger partial charge in [-0.25, -0.2) is 4.98 Å². The molecule has 0 radical (unpaired) electrons. The summed E-state index contributed by atoms with van der Waals surface area (Å²) in [5.74, 6) is 0. The average Bonchev–Trinajstić information content (AvgIpc) is 2.61. The van der Waals surface area contributed by atoms with Crippen molar-refractivity contribution < 1.29 is 0 Å². The van der Waals surface area contributed by atoms with Crippen LogP contribution in [0, 0.1) is 0 Å². The first-order chi connectivity index (χ1) is 6.65. The molecule has 0 saturated heterocycles. The minimum absolute atomic E-state index is 0.0282. The van der Waals surface area contributed by atoms with Crippen LogP contribution in [0.5, 0.6) is 0 Å². The second-order valence-corrected chi connectivity index (χ2v) is 4.45. The molecule has 1 aliphatic rings. The first kappa shape index (κ1) is 9.68. The van der Waals surface area contributed by atoms with Crippen molar-refractivity contribution in [2.45, 2.75) is 32.4 Å². The molecule has 0 unspecified atom stereocenters. The van der Waals surface area contributed by atoms with Gasteiger partial charge >= 0.3 is 0 Å². The van der Waals surface area contributed by atoms with Crippen LogP contribution >= 0.6 is 0 Å². The lowest BCUT2D eigenvalue weighted by atomic mass is 10.0. The van der Waals surface area contributed by atoms with Gasteiger partial charge in [-0.3, -0.25) is 0 Å². The molecule has 0 aromatic carbocycles. The molecule has 0 fully saturated rings. The van der Waals surface area contributed by atoms with Crippen LogP contribution in [0.2, 0.25) is 0 Å². The lowest BCUT2D eigenvalue weighted by Gasteiger charge is -2.28. The summed E-state index contributed by atoms with van der Waals surface area (Å²) in [6.45, 7) is 6.87. The van der Waals surface area contributed by atoms with E-state index in [4.69, 9.17) is 5.73 Å². The quantitative estimate of drug-likeness (QED) is 0.708. The van der Waals surface area contributed by atoms with Crippen LogP contribution in [0.4, 0.5) is 0 Å². The highest BCUT2D eigenvalue weighted by atomic mass is 15.1. The minimum Gasteiger partial charge on any atom is -0.328 e. The zero-order valence-corrected chi connectivity index (χ0v) is 8.88. The van der Waals surface area contributed by atoms with Gasteiger partial charge in [0.25, 0.3) is 0 Å². The number of imidazole rings is 1. The van der Waals surface area contributed by atoms with Crippen molar-refractivity contribution in [2.75, 3.05) is 13.1 Å². The molecule has 1 aliphatic heterocycles. The molecule has 1 aromatic heterocycles. The van der Waals surface area contributed by atoms with Gasteiger partial charge in [0.2, 0.25) is 0 Å². The van der Waals surface area contributed by atoms with E-state index in [-0.39, 0.29) is 5.54 Å². The zero-order chi connectivity index (χ0) is 10.2. The maximum Gasteiger partial charge on any atom is 0.0957 e. The normalized spacial score (nSPS) is 16.8. The Morgan fingerprint density at radius 1 is 1.64 bits per heavy atom. The molecule has 4 nitrogen and oxygen atoms in total. The molecular formula is C10H18N4. The van der Waals surface area contributed by atoms with Crippen LogP contribution in [0.25, 0.3) is 0 Å². The van der Waals surface area contributed by atoms with Gasteiger partial charge < -0.3 is 15.6 Å². The molecule has 2 heterocycles. The number of hydrogen-bond donors (Lipinski definition) is 2. The van der Waals surface area contributed by atoms with Crippen molar-refractivity contribution in [1.29, 1.82) is 0 Å². The molecule has 14 heavy (non-hydrogen) atoms. The van der Waals surface area contributed by atoms with E-state index in [1.165, 1.54) is 11.4 Å². The Hall–Kier alpha value is -0.870. The summed E-state index contributed by atoms with van der Waals surface area (Å²) >= 11 is 0. The van der Waals surface area contributed by atoms with Gasteiger partial charge in [-0.2, -0.15) is 0 Å². The SMILES string of the molecule is CC(C)(CN)n1cnc2c1CNCC2. The Labute approximate surface area is 84.5 Å². The summed E-state index contributed by atoms with van der Waals surface area (Å²) in [7, 11) is 0. The van der Waals surface area contributed by atoms with Crippen molar-refractivity contribution in [2.24, 2.45) is 5.73 Å². The number of nitrogens with two attached hydrogens (primary N) is 1. The highest BCUT2D eigenvalue weighted by Crippen LogP contribution is 2.20. The third-order valence-corrected chi connectivity index (χ3v) is 2.94. The Balaban J connectivity index is 2.39. The molecule has 78 valence electrons. The summed E-state index contributed by atoms with van der Waals surface area (Å²) < 4.78 is 2.20. The van der Waals surface area contributed by atoms with Gasteiger partial charge in [-0.05, 0) is 13.8 Å². The van der Waals surface area contributed by atoms with Crippen LogP contribution in [0.15, 0.2) is 6.33 Å². The number of nitrogens with one attached hydrogen (secondary N) is 1. The first-order valence-electron chi connectivity index (χ1n) is 5.11. The van der Waals surface area contributed by atoms with Gasteiger partial charge in [0.05, 0.1) is 23.3 Å². The molecule has 0 aliphatic carbocycles. The van der Waals surface area contributed by atoms with Crippen LogP contribution in [0.3, 0.4) is 0 Å². The van der Waals surface area contributed by atoms with E-state index in [1.54, 1.807) is 0 Å². The Morgan fingerprint density at radius 3 is 3.14 bits per heavy atom. The van der Waals surface area contributed by atoms with E-state index in [0.717, 1.165) is 19.5 Å². The molecule has 0 saturated carbocycles. The number of aromatic nitrogens is 2. The number of nitrogens with zero attached hydrogens (tertiary/aromatic N) is 2. The van der Waals surface area contributed by atoms with E-state index < -0.39 is 0 Å². The molecule has 2 rings (SSSR count). The summed E-state index contributed by atoms with van der Waals surface area (Å²) in [6, 6.07) is 0. The predicted molar refractivity (Wildman–Crippen MR) is 56.0 cm³/mol. The van der Waals surface area contributed by atoms with Crippen molar-refractivity contribution in [3.63, 3.8) is 0 Å². The van der Waals surface area contributed by atoms with E-state index in [1.807, 2.05) is 6.33 Å². The van der Waals surface area contributed by atoms with Gasteiger partial charge in [0.1, 0.15) is 0 Å². The highest BCUT2D eigenvalue weighted by molar-refractivity contribution is 5.18. The maximum atomic E-state index is 5.76. The van der Waals surface area contributed by atoms with E-state index in [0.29, 0.717) is 6.54 Å². The van der Waals surface area contributed by atoms with Gasteiger partial charge in [0.15, 0.2) is 0 Å². The fourth-order valence-corrected chi connectivity index (χ4v) is 1.84. The van der Waals surface area contributed by atoms with Crippen molar-refractivity contribution in [3.8, 4) is 0 Å². The summed E-state index contributed by atoms with van der Waals surface area (Å²) in [5, 5.41) is 3.36. The van der Waals surface area contributed by atoms with E-state index in [9.17, 15) is 0 Å². The molecular weight excluding hydrogens is 176 g/mol. The number of fused-ring (bicyclic) bond motifs is 1. The third-order valence-electron chi connectivity index (χ3n) is 2.94. The Kier molecular flexibility index (Phi) is 2.33. The fourth-order valence-electron chi connectivity index (χ4n) is 1.84. The van der Waals surface area contributed by atoms with Gasteiger partial charge in [-0.15, -0.1) is 0 Å². The van der Waals surface area contributed by atoms with Crippen LogP contribution < -0.4 is 11.1 Å². The van der Waals surface area contributed by atoms with Crippen molar-refractivity contribution in [1.82, 2.24) is 14.9 Å². The summed E-state index contributed by atoms with van der Waals surface area (Å²) in [5.41, 5.74) is 8.26. The van der Waals surface area contributed by atoms with Crippen molar-refractivity contribution in [3.05, 3.63) is 17.7 Å². The predicted octanol–water partition coefficient (Wildman–Crippen LogP) is 0.223. The lowest BCUT2D eigenvalue weighted by molar-refractivity contribution is 0.350. The Bertz CT molecular complexity index is 327. The minimum atomic E-state index is -0.0282. The molecule has 0 bridgehead atoms. The van der Waals surface area contributed by atoms with Crippen LogP contribution in [-0.2, 0) is 18.5 Å². The zero-order valence-electron chi connectivity index (χ0n) is 8.88. The third kappa shape index (κ3) is 1.44. The molecule has 3 N–H and O–H groups in total. The first-order valence-corrected chi connectivity index (χ1v) is 5.11. The molecule has 4 heteroatoms. The standard InChI is InChI=1S/C10H18N4/c1-10(2,6-11)14-7-13-8-3-4-12-5-9(8)14/h7,12H,3-6,11H2,1-2H3. The van der Waals surface area contributed by atoms with Gasteiger partial charge in [-0.1, -0.05) is 0 Å². The largest absolute Gasteiger partial charge is 0.328 e. The fraction of sp³-hybridized carbons (Fsp3) is 0.700. The van der Waals surface area contributed by atoms with Gasteiger partial charge in [0, 0.05) is 26.1 Å².